The number of carboxylic acid groups (broad SMARTS) is 1. The summed E-state index contributed by atoms with van der Waals surface area (Å²) in [6, 6.07) is 6.50. The second-order valence-corrected chi connectivity index (χ2v) is 3.29. The zero-order chi connectivity index (χ0) is 12.1. The Kier molecular flexibility index (Phi) is 4.88. The molecule has 0 unspecified atom stereocenters. The smallest absolute Gasteiger partial charge is 0.335 e. The molecule has 5 N–H and O–H groups in total. The predicted octanol–water partition coefficient (Wildman–Crippen LogP) is -0.737. The summed E-state index contributed by atoms with van der Waals surface area (Å²) in [7, 11) is -4.92. The fourth-order valence-electron chi connectivity index (χ4n) is 0.704. The molecule has 0 radical (unpaired) electrons. The summed E-state index contributed by atoms with van der Waals surface area (Å²) in [5.74, 6) is -0.912. The summed E-state index contributed by atoms with van der Waals surface area (Å²) in [6.45, 7) is 0. The minimum absolute atomic E-state index is 0.285. The number of rotatable bonds is 1. The Morgan fingerprint density at radius 2 is 1.87 bits per heavy atom. The molecule has 0 saturated heterocycles. The summed E-state index contributed by atoms with van der Waals surface area (Å²) >= 11 is 0. The van der Waals surface area contributed by atoms with Crippen molar-refractivity contribution in [2.75, 3.05) is 0 Å². The molecule has 0 atom stereocenters. The third kappa shape index (κ3) is 8.84. The minimum atomic E-state index is -4.92. The van der Waals surface area contributed by atoms with Crippen molar-refractivity contribution in [2.45, 2.75) is 0 Å². The lowest BCUT2D eigenvalue weighted by atomic mass is 10.2. The lowest BCUT2D eigenvalue weighted by Crippen LogP contribution is -2.40. The van der Waals surface area contributed by atoms with Crippen molar-refractivity contribution in [3.8, 4) is 0 Å². The number of carbonyl (C=O) groups is 1. The monoisotopic (exact) mass is 235 g/mol. The number of quaternary nitrogens is 1. The van der Waals surface area contributed by atoms with Crippen LogP contribution in [0.3, 0.4) is 0 Å². The van der Waals surface area contributed by atoms with Crippen LogP contribution in [0.4, 0.5) is 5.69 Å². The van der Waals surface area contributed by atoms with Gasteiger partial charge in [-0.25, -0.2) is 13.2 Å². The molecular weight excluding hydrogens is 226 g/mol. The average Bonchev–Trinajstić information content (AvgIpc) is 2.00. The van der Waals surface area contributed by atoms with E-state index >= 15 is 0 Å². The topological polar surface area (TPSA) is 142 Å². The Balaban J connectivity index is 0.000000336. The fourth-order valence-corrected chi connectivity index (χ4v) is 0.704. The molecule has 0 amide bonds. The van der Waals surface area contributed by atoms with E-state index in [1.807, 2.05) is 0 Å². The van der Waals surface area contributed by atoms with E-state index in [-0.39, 0.29) is 5.56 Å². The largest absolute Gasteiger partial charge is 0.726 e. The highest BCUT2D eigenvalue weighted by molar-refractivity contribution is 7.79. The van der Waals surface area contributed by atoms with Gasteiger partial charge in [0.2, 0.25) is 10.4 Å². The van der Waals surface area contributed by atoms with Gasteiger partial charge in [-0.3, -0.25) is 4.55 Å². The van der Waals surface area contributed by atoms with Crippen LogP contribution < -0.4 is 5.73 Å². The maximum Gasteiger partial charge on any atom is 0.335 e. The fraction of sp³-hybridized carbons (Fsp3) is 0. The van der Waals surface area contributed by atoms with E-state index in [0.29, 0.717) is 0 Å². The second-order valence-electron chi connectivity index (χ2n) is 2.43. The van der Waals surface area contributed by atoms with Gasteiger partial charge in [0.1, 0.15) is 5.69 Å². The molecule has 1 aromatic rings. The van der Waals surface area contributed by atoms with Gasteiger partial charge in [-0.1, -0.05) is 6.07 Å². The van der Waals surface area contributed by atoms with Crippen LogP contribution in [-0.2, 0) is 10.4 Å². The lowest BCUT2D eigenvalue weighted by molar-refractivity contribution is -0.254. The number of hydrogen-bond donors (Lipinski definition) is 3. The molecule has 1 rings (SSSR count). The van der Waals surface area contributed by atoms with Crippen molar-refractivity contribution in [1.82, 2.24) is 0 Å². The van der Waals surface area contributed by atoms with E-state index in [4.69, 9.17) is 22.6 Å². The van der Waals surface area contributed by atoms with Crippen molar-refractivity contribution in [1.29, 1.82) is 0 Å². The van der Waals surface area contributed by atoms with Gasteiger partial charge in [-0.05, 0) is 12.1 Å². The Morgan fingerprint density at radius 1 is 1.40 bits per heavy atom. The predicted molar refractivity (Wildman–Crippen MR) is 48.3 cm³/mol. The third-order valence-electron chi connectivity index (χ3n) is 1.17. The van der Waals surface area contributed by atoms with Crippen LogP contribution in [0.2, 0.25) is 0 Å². The van der Waals surface area contributed by atoms with Crippen LogP contribution in [0.1, 0.15) is 10.4 Å². The minimum Gasteiger partial charge on any atom is -0.726 e. The molecule has 0 bridgehead atoms. The van der Waals surface area contributed by atoms with Gasteiger partial charge < -0.3 is 15.4 Å². The molecule has 0 aliphatic heterocycles. The van der Waals surface area contributed by atoms with Crippen molar-refractivity contribution in [2.24, 2.45) is 0 Å². The Morgan fingerprint density at radius 3 is 2.13 bits per heavy atom. The molecule has 84 valence electrons. The Labute approximate surface area is 85.7 Å². The first-order valence-electron chi connectivity index (χ1n) is 3.54. The molecule has 0 aliphatic rings. The SMILES string of the molecule is O=S(=O)([O-])O.[NH3+]c1cccc(C(=O)O)c1. The van der Waals surface area contributed by atoms with Crippen LogP contribution in [-0.4, -0.2) is 28.6 Å². The Bertz CT molecular complexity index is 433. The molecule has 15 heavy (non-hydrogen) atoms. The molecule has 0 fully saturated rings. The Hall–Kier alpha value is -1.48. The normalized spacial score (nSPS) is 10.1. The number of carboxylic acids is 1. The molecule has 0 saturated carbocycles. The van der Waals surface area contributed by atoms with E-state index in [1.54, 1.807) is 12.1 Å². The molecule has 8 heteroatoms. The highest BCUT2D eigenvalue weighted by Gasteiger charge is 2.01. The van der Waals surface area contributed by atoms with Crippen molar-refractivity contribution < 1.29 is 33.2 Å². The zero-order valence-electron chi connectivity index (χ0n) is 7.45. The van der Waals surface area contributed by atoms with Gasteiger partial charge in [-0.2, -0.15) is 0 Å². The molecule has 1 aromatic carbocycles. The van der Waals surface area contributed by atoms with Gasteiger partial charge in [0.05, 0.1) is 5.56 Å². The highest BCUT2D eigenvalue weighted by atomic mass is 32.3. The standard InChI is InChI=1S/C7H7NO2.H2O4S/c8-6-3-1-2-5(4-6)7(9)10;1-5(2,3)4/h1-4H,8H2,(H,9,10);(H2,1,2,3,4). The van der Waals surface area contributed by atoms with Gasteiger partial charge >= 0.3 is 5.97 Å². The second kappa shape index (κ2) is 5.41. The number of hydrogen-bond acceptors (Lipinski definition) is 4. The van der Waals surface area contributed by atoms with Crippen molar-refractivity contribution >= 4 is 22.1 Å². The van der Waals surface area contributed by atoms with E-state index in [9.17, 15) is 4.79 Å². The van der Waals surface area contributed by atoms with Crippen molar-refractivity contribution in [3.05, 3.63) is 29.8 Å². The van der Waals surface area contributed by atoms with Gasteiger partial charge in [0.15, 0.2) is 0 Å². The summed E-state index contributed by atoms with van der Waals surface area (Å²) in [6.07, 6.45) is 0. The molecular formula is C7H9NO6S. The molecule has 0 aromatic heterocycles. The van der Waals surface area contributed by atoms with Crippen LogP contribution >= 0.6 is 0 Å². The molecule has 0 heterocycles. The maximum atomic E-state index is 10.3. The summed E-state index contributed by atoms with van der Waals surface area (Å²) < 4.78 is 32.8. The van der Waals surface area contributed by atoms with Crippen LogP contribution in [0.25, 0.3) is 0 Å². The van der Waals surface area contributed by atoms with E-state index in [0.717, 1.165) is 5.69 Å². The van der Waals surface area contributed by atoms with Crippen LogP contribution in [0, 0.1) is 0 Å². The highest BCUT2D eigenvalue weighted by Crippen LogP contribution is 2.03. The first-order chi connectivity index (χ1) is 6.70. The lowest BCUT2D eigenvalue weighted by Gasteiger charge is -1.91. The maximum absolute atomic E-state index is 10.3. The molecule has 0 aliphatic carbocycles. The zero-order valence-corrected chi connectivity index (χ0v) is 8.27. The van der Waals surface area contributed by atoms with E-state index in [2.05, 4.69) is 5.73 Å². The number of aromatic carboxylic acids is 1. The van der Waals surface area contributed by atoms with Gasteiger partial charge in [0.25, 0.3) is 0 Å². The summed E-state index contributed by atoms with van der Waals surface area (Å²) in [5.41, 5.74) is 4.61. The van der Waals surface area contributed by atoms with Crippen molar-refractivity contribution in [3.63, 3.8) is 0 Å². The first kappa shape index (κ1) is 13.5. The first-order valence-corrected chi connectivity index (χ1v) is 4.90. The number of benzene rings is 1. The van der Waals surface area contributed by atoms with Crippen LogP contribution in [0.5, 0.6) is 0 Å². The quantitative estimate of drug-likeness (QED) is 0.432. The van der Waals surface area contributed by atoms with Crippen LogP contribution in [0.15, 0.2) is 24.3 Å². The van der Waals surface area contributed by atoms with E-state index < -0.39 is 16.4 Å². The van der Waals surface area contributed by atoms with E-state index in [1.165, 1.54) is 12.1 Å². The summed E-state index contributed by atoms with van der Waals surface area (Å²) in [4.78, 5) is 10.3. The molecule has 7 nitrogen and oxygen atoms in total. The summed E-state index contributed by atoms with van der Waals surface area (Å²) in [5, 5.41) is 8.48. The molecule has 0 spiro atoms. The van der Waals surface area contributed by atoms with Gasteiger partial charge in [0, 0.05) is 6.07 Å². The average molecular weight is 235 g/mol. The third-order valence-corrected chi connectivity index (χ3v) is 1.17. The van der Waals surface area contributed by atoms with Gasteiger partial charge in [-0.15, -0.1) is 0 Å².